The molecule has 1 aromatic carbocycles. The van der Waals surface area contributed by atoms with Crippen LogP contribution in [0, 0.1) is 23.0 Å². The lowest BCUT2D eigenvalue weighted by molar-refractivity contribution is 0.0128. The van der Waals surface area contributed by atoms with Crippen molar-refractivity contribution in [1.82, 2.24) is 30.3 Å². The minimum absolute atomic E-state index is 0.0406. The molecule has 0 aliphatic carbocycles. The maximum atomic E-state index is 14.6. The molecule has 1 N–H and O–H groups in total. The number of hydrogen-bond acceptors (Lipinski definition) is 10. The Kier molecular flexibility index (Phi) is 8.58. The lowest BCUT2D eigenvalue weighted by atomic mass is 9.83. The number of hydrogen-bond donors (Lipinski definition) is 1. The van der Waals surface area contributed by atoms with E-state index in [1.54, 1.807) is 32.7 Å². The predicted molar refractivity (Wildman–Crippen MR) is 146 cm³/mol. The van der Waals surface area contributed by atoms with Gasteiger partial charge in [0.1, 0.15) is 23.8 Å². The molecule has 3 aromatic rings. The normalized spacial score (nSPS) is 23.1. The third-order valence-corrected chi connectivity index (χ3v) is 7.90. The zero-order valence-electron chi connectivity index (χ0n) is 24.3. The number of benzene rings is 1. The molecule has 5 rings (SSSR count). The molecule has 2 saturated heterocycles. The van der Waals surface area contributed by atoms with Gasteiger partial charge in [0, 0.05) is 24.4 Å². The van der Waals surface area contributed by atoms with Gasteiger partial charge >= 0.3 is 0 Å². The van der Waals surface area contributed by atoms with Crippen molar-refractivity contribution < 1.29 is 31.6 Å². The molecule has 2 fully saturated rings. The third-order valence-electron chi connectivity index (χ3n) is 7.90. The first-order chi connectivity index (χ1) is 20.4. The van der Waals surface area contributed by atoms with Crippen LogP contribution in [0.1, 0.15) is 57.9 Å². The summed E-state index contributed by atoms with van der Waals surface area (Å²) in [6.07, 6.45) is 0.246. The summed E-state index contributed by atoms with van der Waals surface area (Å²) in [7, 11) is 1.61. The van der Waals surface area contributed by atoms with E-state index in [0.717, 1.165) is 12.1 Å². The first-order valence-corrected chi connectivity index (χ1v) is 14.1. The van der Waals surface area contributed by atoms with E-state index in [4.69, 9.17) is 19.3 Å². The van der Waals surface area contributed by atoms with Gasteiger partial charge in [-0.15, -0.1) is 0 Å². The van der Waals surface area contributed by atoms with Crippen molar-refractivity contribution in [2.45, 2.75) is 82.1 Å². The molecule has 0 amide bonds. The SMILES string of the molecule is C[C@H](Oc1cc(O[C@H]2CCN[C@H](CC#N)C2)nc(-c2noc(C(C)(C)c3c(F)cccc3F)n2)n1)[C@@H]1CC(F)(F)CN1C. The number of likely N-dealkylation sites (tertiary alicyclic amines) is 1. The van der Waals surface area contributed by atoms with Crippen LogP contribution in [0.3, 0.4) is 0 Å². The fourth-order valence-electron chi connectivity index (χ4n) is 5.71. The van der Waals surface area contributed by atoms with Gasteiger partial charge in [0.05, 0.1) is 36.6 Å². The molecule has 14 heteroatoms. The van der Waals surface area contributed by atoms with Crippen molar-refractivity contribution >= 4 is 0 Å². The Bertz CT molecular complexity index is 1470. The van der Waals surface area contributed by atoms with Gasteiger partial charge in [0.2, 0.25) is 29.3 Å². The first kappa shape index (κ1) is 30.6. The molecule has 2 aliphatic rings. The molecule has 0 bridgehead atoms. The summed E-state index contributed by atoms with van der Waals surface area (Å²) in [4.78, 5) is 14.8. The first-order valence-electron chi connectivity index (χ1n) is 14.1. The van der Waals surface area contributed by atoms with E-state index in [1.807, 2.05) is 0 Å². The van der Waals surface area contributed by atoms with Crippen LogP contribution in [0.25, 0.3) is 11.6 Å². The highest BCUT2D eigenvalue weighted by atomic mass is 19.3. The molecule has 0 radical (unpaired) electrons. The average Bonchev–Trinajstić information content (AvgIpc) is 3.53. The lowest BCUT2D eigenvalue weighted by Crippen LogP contribution is -2.42. The molecule has 2 aliphatic heterocycles. The Morgan fingerprint density at radius 3 is 2.58 bits per heavy atom. The smallest absolute Gasteiger partial charge is 0.262 e. The number of ether oxygens (including phenoxy) is 2. The minimum Gasteiger partial charge on any atom is -0.474 e. The third kappa shape index (κ3) is 6.73. The molecule has 230 valence electrons. The number of aromatic nitrogens is 4. The van der Waals surface area contributed by atoms with Gasteiger partial charge in [-0.1, -0.05) is 11.2 Å². The highest BCUT2D eigenvalue weighted by molar-refractivity contribution is 5.46. The van der Waals surface area contributed by atoms with Crippen molar-refractivity contribution in [3.63, 3.8) is 0 Å². The number of piperidine rings is 1. The van der Waals surface area contributed by atoms with Crippen LogP contribution in [0.2, 0.25) is 0 Å². The lowest BCUT2D eigenvalue weighted by Gasteiger charge is -2.29. The van der Waals surface area contributed by atoms with Crippen LogP contribution >= 0.6 is 0 Å². The molecule has 0 saturated carbocycles. The second-order valence-electron chi connectivity index (χ2n) is 11.7. The summed E-state index contributed by atoms with van der Waals surface area (Å²) < 4.78 is 75.1. The highest BCUT2D eigenvalue weighted by Gasteiger charge is 2.46. The van der Waals surface area contributed by atoms with Crippen LogP contribution in [0.15, 0.2) is 28.8 Å². The quantitative estimate of drug-likeness (QED) is 0.346. The van der Waals surface area contributed by atoms with Crippen molar-refractivity contribution in [3.05, 3.63) is 47.4 Å². The van der Waals surface area contributed by atoms with E-state index >= 15 is 0 Å². The zero-order valence-corrected chi connectivity index (χ0v) is 24.3. The van der Waals surface area contributed by atoms with Gasteiger partial charge in [0.15, 0.2) is 0 Å². The summed E-state index contributed by atoms with van der Waals surface area (Å²) in [5.74, 6) is -4.39. The largest absolute Gasteiger partial charge is 0.474 e. The van der Waals surface area contributed by atoms with Crippen molar-refractivity contribution in [2.75, 3.05) is 20.1 Å². The number of nitrogens with one attached hydrogen (secondary N) is 1. The summed E-state index contributed by atoms with van der Waals surface area (Å²) in [6, 6.07) is 6.57. The van der Waals surface area contributed by atoms with Gasteiger partial charge in [-0.2, -0.15) is 20.2 Å². The van der Waals surface area contributed by atoms with Crippen LogP contribution in [0.5, 0.6) is 11.8 Å². The van der Waals surface area contributed by atoms with Crippen LogP contribution < -0.4 is 14.8 Å². The standard InChI is InChI=1S/C29H33F4N7O3/c1-16(21-14-29(32,33)15-40(21)4)41-22-13-23(42-18-9-11-35-17(12-18)8-10-34)37-25(36-22)26-38-27(43-39-26)28(2,3)24-19(30)6-5-7-20(24)31/h5-7,13,16-18,21,35H,8-9,11-12,14-15H2,1-4H3/t16-,17+,18-,21-/m0/s1. The molecule has 43 heavy (non-hydrogen) atoms. The molecule has 2 aromatic heterocycles. The summed E-state index contributed by atoms with van der Waals surface area (Å²) in [5.41, 5.74) is -1.58. The van der Waals surface area contributed by atoms with E-state index in [2.05, 4.69) is 31.5 Å². The number of likely N-dealkylation sites (N-methyl/N-ethyl adjacent to an activating group) is 1. The second-order valence-corrected chi connectivity index (χ2v) is 11.7. The van der Waals surface area contributed by atoms with E-state index in [9.17, 15) is 17.6 Å². The van der Waals surface area contributed by atoms with Gasteiger partial charge < -0.3 is 19.3 Å². The van der Waals surface area contributed by atoms with Crippen LogP contribution in [-0.2, 0) is 5.41 Å². The Hall–Kier alpha value is -3.83. The monoisotopic (exact) mass is 603 g/mol. The fourth-order valence-corrected chi connectivity index (χ4v) is 5.71. The number of halogens is 4. The Morgan fingerprint density at radius 2 is 1.91 bits per heavy atom. The molecule has 0 spiro atoms. The maximum absolute atomic E-state index is 14.6. The number of alkyl halides is 2. The Morgan fingerprint density at radius 1 is 1.19 bits per heavy atom. The van der Waals surface area contributed by atoms with Crippen molar-refractivity contribution in [2.24, 2.45) is 0 Å². The second kappa shape index (κ2) is 12.0. The number of nitriles is 1. The Labute approximate surface area is 246 Å². The van der Waals surface area contributed by atoms with Gasteiger partial charge in [-0.25, -0.2) is 17.6 Å². The maximum Gasteiger partial charge on any atom is 0.262 e. The van der Waals surface area contributed by atoms with Gasteiger partial charge in [-0.3, -0.25) is 4.90 Å². The molecule has 4 atom stereocenters. The zero-order chi connectivity index (χ0) is 30.9. The van der Waals surface area contributed by atoms with E-state index in [-0.39, 0.29) is 60.0 Å². The van der Waals surface area contributed by atoms with Gasteiger partial charge in [-0.05, 0) is 52.9 Å². The topological polar surface area (TPSA) is 122 Å². The van der Waals surface area contributed by atoms with Crippen LogP contribution in [0.4, 0.5) is 17.6 Å². The molecule has 10 nitrogen and oxygen atoms in total. The van der Waals surface area contributed by atoms with Gasteiger partial charge in [0.25, 0.3) is 5.92 Å². The fraction of sp³-hybridized carbons (Fsp3) is 0.552. The molecule has 0 unspecified atom stereocenters. The number of nitrogens with zero attached hydrogens (tertiary/aromatic N) is 6. The van der Waals surface area contributed by atoms with E-state index < -0.39 is 35.1 Å². The summed E-state index contributed by atoms with van der Waals surface area (Å²) in [6.45, 7) is 5.05. The summed E-state index contributed by atoms with van der Waals surface area (Å²) >= 11 is 0. The summed E-state index contributed by atoms with van der Waals surface area (Å²) in [5, 5.41) is 16.3. The average molecular weight is 604 g/mol. The Balaban J connectivity index is 1.46. The molecular formula is C29H33F4N7O3. The minimum atomic E-state index is -2.83. The van der Waals surface area contributed by atoms with E-state index in [1.165, 1.54) is 12.1 Å². The van der Waals surface area contributed by atoms with Crippen LogP contribution in [-0.4, -0.2) is 75.4 Å². The number of rotatable bonds is 9. The highest BCUT2D eigenvalue weighted by Crippen LogP contribution is 2.36. The predicted octanol–water partition coefficient (Wildman–Crippen LogP) is 4.65. The molecule has 4 heterocycles. The van der Waals surface area contributed by atoms with Crippen molar-refractivity contribution in [3.8, 4) is 29.5 Å². The molecular weight excluding hydrogens is 570 g/mol. The van der Waals surface area contributed by atoms with E-state index in [0.29, 0.717) is 25.8 Å². The van der Waals surface area contributed by atoms with Crippen molar-refractivity contribution in [1.29, 1.82) is 5.26 Å².